The van der Waals surface area contributed by atoms with Crippen molar-refractivity contribution in [1.29, 1.82) is 5.26 Å². The number of Topliss-reactive ketones (excluding diaryl/α,β-unsaturated/α-hetero) is 6. The number of ketones is 6. The molecule has 0 fully saturated rings. The van der Waals surface area contributed by atoms with Crippen LogP contribution in [0.25, 0.3) is 0 Å². The molecule has 0 aromatic rings. The lowest BCUT2D eigenvalue weighted by molar-refractivity contribution is -0.119. The SMILES string of the molecule is CC1=C(C#N)C(=O)C(Cl)=C(Cl)C1=O.CC1=C(F)C(=O)C(F)=C(F)C1=O.O=C1C(Cl)=C(Cl)C(=O)C(Cl)=C1Cl. The average Bonchev–Trinajstić information content (AvgIpc) is 2.89. The van der Waals surface area contributed by atoms with E-state index in [1.54, 1.807) is 6.07 Å². The fraction of sp³-hybridized carbons (Fsp3) is 0.0952. The number of nitrogens with zero attached hydrogens (tertiary/aromatic N) is 1. The Morgan fingerprint density at radius 1 is 0.486 bits per heavy atom. The summed E-state index contributed by atoms with van der Waals surface area (Å²) in [5.74, 6) is -11.1. The van der Waals surface area contributed by atoms with Crippen LogP contribution < -0.4 is 0 Å². The highest BCUT2D eigenvalue weighted by molar-refractivity contribution is 6.69. The number of allylic oxidation sites excluding steroid dienone is 12. The van der Waals surface area contributed by atoms with Crippen LogP contribution in [0.1, 0.15) is 13.8 Å². The lowest BCUT2D eigenvalue weighted by Crippen LogP contribution is -2.17. The van der Waals surface area contributed by atoms with Crippen molar-refractivity contribution in [2.45, 2.75) is 13.8 Å². The highest BCUT2D eigenvalue weighted by Crippen LogP contribution is 2.33. The van der Waals surface area contributed by atoms with Gasteiger partial charge in [-0.15, -0.1) is 0 Å². The van der Waals surface area contributed by atoms with Crippen LogP contribution in [0, 0.1) is 11.3 Å². The van der Waals surface area contributed by atoms with Gasteiger partial charge in [0, 0.05) is 11.1 Å². The van der Waals surface area contributed by atoms with Crippen LogP contribution in [0.15, 0.2) is 64.4 Å². The maximum atomic E-state index is 12.5. The van der Waals surface area contributed by atoms with Crippen LogP contribution in [0.5, 0.6) is 0 Å². The fourth-order valence-electron chi connectivity index (χ4n) is 2.21. The standard InChI is InChI=1S/C8H3Cl2NO2.C7H3F3O2.C6Cl4O2/c1-3-4(2-11)8(13)6(10)5(9)7(3)12;1-2-3(8)7(12)5(10)4(9)6(2)11;7-1-2(8)6(12)4(10)3(9)5(1)11/h1H3;1H3;. The van der Waals surface area contributed by atoms with Crippen molar-refractivity contribution in [3.8, 4) is 6.07 Å². The Morgan fingerprint density at radius 2 is 0.811 bits per heavy atom. The van der Waals surface area contributed by atoms with E-state index in [9.17, 15) is 41.9 Å². The van der Waals surface area contributed by atoms with E-state index < -0.39 is 77.9 Å². The molecule has 0 N–H and O–H groups in total. The third-order valence-corrected chi connectivity index (χ3v) is 6.74. The van der Waals surface area contributed by atoms with Crippen LogP contribution in [-0.2, 0) is 28.8 Å². The van der Waals surface area contributed by atoms with Crippen molar-refractivity contribution in [1.82, 2.24) is 0 Å². The summed E-state index contributed by atoms with van der Waals surface area (Å²) in [6, 6.07) is 1.62. The minimum absolute atomic E-state index is 0.0434. The first-order valence-corrected chi connectivity index (χ1v) is 11.2. The lowest BCUT2D eigenvalue weighted by atomic mass is 9.97. The largest absolute Gasteiger partial charge is 0.288 e. The van der Waals surface area contributed by atoms with Gasteiger partial charge < -0.3 is 0 Å². The second-order valence-corrected chi connectivity index (χ2v) is 8.81. The van der Waals surface area contributed by atoms with Gasteiger partial charge in [-0.25, -0.2) is 4.39 Å². The molecule has 3 aliphatic rings. The zero-order valence-corrected chi connectivity index (χ0v) is 22.3. The molecule has 0 saturated heterocycles. The smallest absolute Gasteiger partial charge is 0.253 e. The van der Waals surface area contributed by atoms with E-state index in [1.807, 2.05) is 0 Å². The molecule has 0 bridgehead atoms. The quantitative estimate of drug-likeness (QED) is 0.311. The Hall–Kier alpha value is -2.52. The Kier molecular flexibility index (Phi) is 11.3. The highest BCUT2D eigenvalue weighted by atomic mass is 35.5. The van der Waals surface area contributed by atoms with Gasteiger partial charge in [0.1, 0.15) is 41.8 Å². The first-order valence-electron chi connectivity index (χ1n) is 8.90. The summed E-state index contributed by atoms with van der Waals surface area (Å²) < 4.78 is 37.2. The van der Waals surface area contributed by atoms with Crippen LogP contribution in [0.3, 0.4) is 0 Å². The molecule has 3 rings (SSSR count). The highest BCUT2D eigenvalue weighted by Gasteiger charge is 2.34. The third kappa shape index (κ3) is 6.49. The molecule has 16 heteroatoms. The zero-order chi connectivity index (χ0) is 29.1. The second-order valence-electron chi connectivity index (χ2n) is 6.54. The molecule has 3 aliphatic carbocycles. The third-order valence-electron chi connectivity index (χ3n) is 4.29. The maximum absolute atomic E-state index is 12.5. The number of carbonyl (C=O) groups is 6. The summed E-state index contributed by atoms with van der Waals surface area (Å²) >= 11 is 32.4. The van der Waals surface area contributed by atoms with Gasteiger partial charge in [0.25, 0.3) is 5.78 Å². The second kappa shape index (κ2) is 12.8. The molecule has 0 heterocycles. The Morgan fingerprint density at radius 3 is 1.19 bits per heavy atom. The molecule has 0 atom stereocenters. The minimum Gasteiger partial charge on any atom is -0.288 e. The number of halogens is 9. The first kappa shape index (κ1) is 32.5. The van der Waals surface area contributed by atoms with E-state index in [4.69, 9.17) is 74.9 Å². The van der Waals surface area contributed by atoms with Crippen LogP contribution >= 0.6 is 69.6 Å². The van der Waals surface area contributed by atoms with Gasteiger partial charge in [0.15, 0.2) is 5.83 Å². The minimum atomic E-state index is -1.96. The maximum Gasteiger partial charge on any atom is 0.253 e. The number of hydrogen-bond donors (Lipinski definition) is 0. The summed E-state index contributed by atoms with van der Waals surface area (Å²) in [5, 5.41) is 6.28. The number of nitriles is 1. The molecule has 0 unspecified atom stereocenters. The van der Waals surface area contributed by atoms with Gasteiger partial charge >= 0.3 is 0 Å². The van der Waals surface area contributed by atoms with Crippen molar-refractivity contribution in [2.24, 2.45) is 0 Å². The molecule has 7 nitrogen and oxygen atoms in total. The van der Waals surface area contributed by atoms with E-state index >= 15 is 0 Å². The van der Waals surface area contributed by atoms with Crippen molar-refractivity contribution in [3.05, 3.63) is 64.4 Å². The van der Waals surface area contributed by atoms with E-state index in [2.05, 4.69) is 0 Å². The van der Waals surface area contributed by atoms with Gasteiger partial charge in [-0.2, -0.15) is 14.0 Å². The van der Waals surface area contributed by atoms with Crippen LogP contribution in [0.4, 0.5) is 13.2 Å². The summed E-state index contributed by atoms with van der Waals surface area (Å²) in [7, 11) is 0. The molecule has 0 aliphatic heterocycles. The molecule has 0 radical (unpaired) electrons. The molecule has 0 amide bonds. The first-order chi connectivity index (χ1) is 16.9. The predicted octanol–water partition coefficient (Wildman–Crippen LogP) is 5.72. The van der Waals surface area contributed by atoms with Crippen LogP contribution in [-0.4, -0.2) is 34.7 Å². The molecule has 194 valence electrons. The number of rotatable bonds is 0. The van der Waals surface area contributed by atoms with Crippen molar-refractivity contribution in [2.75, 3.05) is 0 Å². The number of carbonyl (C=O) groups excluding carboxylic acids is 6. The van der Waals surface area contributed by atoms with E-state index in [0.29, 0.717) is 0 Å². The van der Waals surface area contributed by atoms with Crippen molar-refractivity contribution in [3.63, 3.8) is 0 Å². The zero-order valence-electron chi connectivity index (χ0n) is 17.8. The van der Waals surface area contributed by atoms with Crippen molar-refractivity contribution >= 4 is 104 Å². The topological polar surface area (TPSA) is 126 Å². The average molecular weight is 638 g/mol. The molecule has 0 spiro atoms. The van der Waals surface area contributed by atoms with Gasteiger partial charge in [-0.05, 0) is 13.8 Å². The summed E-state index contributed by atoms with van der Waals surface area (Å²) in [5.41, 5.74) is -0.889. The molecular formula is C21H6Cl6F3NO6. The lowest BCUT2D eigenvalue weighted by Gasteiger charge is -2.10. The van der Waals surface area contributed by atoms with Crippen molar-refractivity contribution < 1.29 is 41.9 Å². The van der Waals surface area contributed by atoms with Gasteiger partial charge in [0.05, 0.1) is 0 Å². The molecule has 0 saturated carbocycles. The Labute approximate surface area is 235 Å². The van der Waals surface area contributed by atoms with E-state index in [0.717, 1.165) is 6.92 Å². The summed E-state index contributed by atoms with van der Waals surface area (Å²) in [6.45, 7) is 2.28. The summed E-state index contributed by atoms with van der Waals surface area (Å²) in [6.07, 6.45) is 0. The molecule has 0 aromatic heterocycles. The molecule has 0 aromatic carbocycles. The normalized spacial score (nSPS) is 18.9. The molecule has 37 heavy (non-hydrogen) atoms. The Balaban J connectivity index is 0.000000278. The van der Waals surface area contributed by atoms with Crippen LogP contribution in [0.2, 0.25) is 0 Å². The summed E-state index contributed by atoms with van der Waals surface area (Å²) in [4.78, 5) is 65.4. The monoisotopic (exact) mass is 635 g/mol. The number of hydrogen-bond acceptors (Lipinski definition) is 7. The van der Waals surface area contributed by atoms with E-state index in [1.165, 1.54) is 6.92 Å². The van der Waals surface area contributed by atoms with Gasteiger partial charge in [0.2, 0.25) is 40.6 Å². The van der Waals surface area contributed by atoms with Gasteiger partial charge in [-0.1, -0.05) is 69.6 Å². The fourth-order valence-corrected chi connectivity index (χ4v) is 3.44. The molecular weight excluding hydrogens is 632 g/mol. The Bertz CT molecular complexity index is 1250. The predicted molar refractivity (Wildman–Crippen MR) is 128 cm³/mol. The van der Waals surface area contributed by atoms with E-state index in [-0.39, 0.29) is 21.2 Å². The van der Waals surface area contributed by atoms with Gasteiger partial charge in [-0.3, -0.25) is 28.8 Å².